The number of carbonyl (C=O) groups is 1. The van der Waals surface area contributed by atoms with E-state index in [9.17, 15) is 4.79 Å². The molecular formula is C15H15N3O2. The van der Waals surface area contributed by atoms with E-state index in [4.69, 9.17) is 4.42 Å². The zero-order valence-corrected chi connectivity index (χ0v) is 11.3. The second-order valence-electron chi connectivity index (χ2n) is 4.23. The Hall–Kier alpha value is -2.69. The van der Waals surface area contributed by atoms with Gasteiger partial charge in [-0.2, -0.15) is 5.10 Å². The van der Waals surface area contributed by atoms with Crippen molar-refractivity contribution in [2.45, 2.75) is 13.8 Å². The molecule has 0 aliphatic rings. The van der Waals surface area contributed by atoms with Gasteiger partial charge in [-0.15, -0.1) is 0 Å². The van der Waals surface area contributed by atoms with Crippen molar-refractivity contribution in [1.29, 1.82) is 0 Å². The van der Waals surface area contributed by atoms with Crippen molar-refractivity contribution in [2.75, 3.05) is 0 Å². The van der Waals surface area contributed by atoms with Gasteiger partial charge in [0.15, 0.2) is 0 Å². The van der Waals surface area contributed by atoms with Crippen LogP contribution in [0, 0.1) is 6.92 Å². The van der Waals surface area contributed by atoms with Gasteiger partial charge in [0.1, 0.15) is 5.76 Å². The normalized spacial score (nSPS) is 11.8. The molecule has 20 heavy (non-hydrogen) atoms. The quantitative estimate of drug-likeness (QED) is 0.685. The Labute approximate surface area is 117 Å². The molecule has 1 N–H and O–H groups in total. The van der Waals surface area contributed by atoms with Crippen molar-refractivity contribution in [1.82, 2.24) is 10.4 Å². The molecule has 0 aliphatic heterocycles. The number of furan rings is 1. The minimum Gasteiger partial charge on any atom is -0.465 e. The van der Waals surface area contributed by atoms with Crippen LogP contribution in [0.2, 0.25) is 0 Å². The van der Waals surface area contributed by atoms with Gasteiger partial charge in [-0.25, -0.2) is 5.43 Å². The Balaban J connectivity index is 1.94. The average Bonchev–Trinajstić information content (AvgIpc) is 2.96. The summed E-state index contributed by atoms with van der Waals surface area (Å²) in [4.78, 5) is 15.9. The number of allylic oxidation sites excluding steroid dienone is 1. The lowest BCUT2D eigenvalue weighted by Crippen LogP contribution is -2.18. The lowest BCUT2D eigenvalue weighted by molar-refractivity contribution is 0.0954. The second kappa shape index (κ2) is 6.47. The maximum Gasteiger partial charge on any atom is 0.272 e. The van der Waals surface area contributed by atoms with Gasteiger partial charge in [-0.05, 0) is 50.3 Å². The maximum atomic E-state index is 11.8. The fourth-order valence-corrected chi connectivity index (χ4v) is 1.43. The van der Waals surface area contributed by atoms with E-state index in [1.165, 1.54) is 6.20 Å². The summed E-state index contributed by atoms with van der Waals surface area (Å²) in [6, 6.07) is 7.13. The lowest BCUT2D eigenvalue weighted by atomic mass is 10.2. The van der Waals surface area contributed by atoms with E-state index in [2.05, 4.69) is 15.5 Å². The van der Waals surface area contributed by atoms with Crippen LogP contribution in [0.15, 0.2) is 52.3 Å². The van der Waals surface area contributed by atoms with Crippen LogP contribution < -0.4 is 5.43 Å². The fraction of sp³-hybridized carbons (Fsp3) is 0.133. The minimum atomic E-state index is -0.289. The van der Waals surface area contributed by atoms with E-state index in [1.807, 2.05) is 13.0 Å². The molecule has 0 saturated heterocycles. The topological polar surface area (TPSA) is 67.5 Å². The predicted molar refractivity (Wildman–Crippen MR) is 77.3 cm³/mol. The molecule has 0 spiro atoms. The molecule has 1 amide bonds. The molecule has 0 aromatic carbocycles. The number of aromatic nitrogens is 1. The van der Waals surface area contributed by atoms with E-state index in [-0.39, 0.29) is 5.91 Å². The number of pyridine rings is 1. The van der Waals surface area contributed by atoms with Crippen LogP contribution in [0.25, 0.3) is 6.08 Å². The van der Waals surface area contributed by atoms with E-state index >= 15 is 0 Å². The molecule has 0 fully saturated rings. The number of hydrazone groups is 1. The fourth-order valence-electron chi connectivity index (χ4n) is 1.43. The Morgan fingerprint density at radius 3 is 2.90 bits per heavy atom. The van der Waals surface area contributed by atoms with Gasteiger partial charge in [-0.1, -0.05) is 0 Å². The summed E-state index contributed by atoms with van der Waals surface area (Å²) in [6.45, 7) is 3.65. The van der Waals surface area contributed by atoms with Crippen molar-refractivity contribution in [2.24, 2.45) is 5.10 Å². The highest BCUT2D eigenvalue weighted by molar-refractivity contribution is 5.98. The lowest BCUT2D eigenvalue weighted by Gasteiger charge is -2.00. The number of aryl methyl sites for hydroxylation is 1. The smallest absolute Gasteiger partial charge is 0.272 e. The molecule has 2 rings (SSSR count). The highest BCUT2D eigenvalue weighted by Crippen LogP contribution is 2.02. The first-order chi connectivity index (χ1) is 9.65. The molecule has 102 valence electrons. The third-order valence-electron chi connectivity index (χ3n) is 2.54. The van der Waals surface area contributed by atoms with Crippen LogP contribution in [-0.2, 0) is 0 Å². The first-order valence-electron chi connectivity index (χ1n) is 6.14. The monoisotopic (exact) mass is 269 g/mol. The van der Waals surface area contributed by atoms with Crippen LogP contribution in [0.3, 0.4) is 0 Å². The number of hydrogen-bond donors (Lipinski definition) is 1. The molecular weight excluding hydrogens is 254 g/mol. The molecule has 0 saturated carbocycles. The average molecular weight is 269 g/mol. The van der Waals surface area contributed by atoms with Crippen molar-refractivity contribution >= 4 is 17.7 Å². The van der Waals surface area contributed by atoms with Gasteiger partial charge in [0.05, 0.1) is 17.5 Å². The van der Waals surface area contributed by atoms with Gasteiger partial charge in [-0.3, -0.25) is 9.78 Å². The van der Waals surface area contributed by atoms with E-state index in [0.29, 0.717) is 11.3 Å². The summed E-state index contributed by atoms with van der Waals surface area (Å²) in [7, 11) is 0. The van der Waals surface area contributed by atoms with Crippen LogP contribution in [0.1, 0.15) is 28.7 Å². The Morgan fingerprint density at radius 1 is 1.40 bits per heavy atom. The Bertz CT molecular complexity index is 626. The van der Waals surface area contributed by atoms with E-state index < -0.39 is 0 Å². The molecule has 0 aliphatic carbocycles. The summed E-state index contributed by atoms with van der Waals surface area (Å²) < 4.78 is 5.15. The minimum absolute atomic E-state index is 0.289. The second-order valence-corrected chi connectivity index (χ2v) is 4.23. The number of rotatable bonds is 4. The first-order valence-corrected chi connectivity index (χ1v) is 6.14. The van der Waals surface area contributed by atoms with Gasteiger partial charge in [0.25, 0.3) is 5.91 Å². The predicted octanol–water partition coefficient (Wildman–Crippen LogP) is 2.80. The van der Waals surface area contributed by atoms with Crippen LogP contribution in [-0.4, -0.2) is 16.6 Å². The molecule has 2 aromatic heterocycles. The largest absolute Gasteiger partial charge is 0.465 e. The van der Waals surface area contributed by atoms with Crippen molar-refractivity contribution in [3.8, 4) is 0 Å². The number of amides is 1. The zero-order valence-electron chi connectivity index (χ0n) is 11.3. The molecule has 0 unspecified atom stereocenters. The number of carbonyl (C=O) groups excluding carboxylic acids is 1. The Morgan fingerprint density at radius 2 is 2.25 bits per heavy atom. The first kappa shape index (κ1) is 13.7. The molecule has 2 heterocycles. The number of nitrogens with one attached hydrogen (secondary N) is 1. The van der Waals surface area contributed by atoms with Crippen LogP contribution >= 0.6 is 0 Å². The third kappa shape index (κ3) is 3.91. The summed E-state index contributed by atoms with van der Waals surface area (Å²) in [5, 5.41) is 3.98. The van der Waals surface area contributed by atoms with Gasteiger partial charge >= 0.3 is 0 Å². The van der Waals surface area contributed by atoms with E-state index in [0.717, 1.165) is 11.5 Å². The standard InChI is InChI=1S/C15H15N3O2/c1-11-5-7-13(10-16-11)15(19)18-17-12(2)6-8-14-4-3-9-20-14/h3-10H,1-2H3,(H,18,19). The zero-order chi connectivity index (χ0) is 14.4. The molecule has 0 atom stereocenters. The van der Waals surface area contributed by atoms with Crippen molar-refractivity contribution in [3.63, 3.8) is 0 Å². The highest BCUT2D eigenvalue weighted by atomic mass is 16.3. The molecule has 5 heteroatoms. The highest BCUT2D eigenvalue weighted by Gasteiger charge is 2.03. The number of nitrogens with zero attached hydrogens (tertiary/aromatic N) is 2. The Kier molecular flexibility index (Phi) is 4.44. The van der Waals surface area contributed by atoms with Crippen LogP contribution in [0.5, 0.6) is 0 Å². The molecule has 5 nitrogen and oxygen atoms in total. The number of hydrogen-bond acceptors (Lipinski definition) is 4. The maximum absolute atomic E-state index is 11.8. The van der Waals surface area contributed by atoms with Crippen molar-refractivity contribution in [3.05, 3.63) is 59.8 Å². The molecule has 0 radical (unpaired) electrons. The summed E-state index contributed by atoms with van der Waals surface area (Å²) in [6.07, 6.45) is 6.65. The SMILES string of the molecule is CC(C=Cc1ccco1)=NNC(=O)c1ccc(C)nc1. The van der Waals surface area contributed by atoms with Gasteiger partial charge < -0.3 is 4.42 Å². The molecule has 0 bridgehead atoms. The van der Waals surface area contributed by atoms with Crippen molar-refractivity contribution < 1.29 is 9.21 Å². The summed E-state index contributed by atoms with van der Waals surface area (Å²) >= 11 is 0. The van der Waals surface area contributed by atoms with Gasteiger partial charge in [0.2, 0.25) is 0 Å². The summed E-state index contributed by atoms with van der Waals surface area (Å²) in [5.74, 6) is 0.442. The third-order valence-corrected chi connectivity index (χ3v) is 2.54. The van der Waals surface area contributed by atoms with Gasteiger partial charge in [0, 0.05) is 11.9 Å². The van der Waals surface area contributed by atoms with Crippen LogP contribution in [0.4, 0.5) is 0 Å². The molecule has 2 aromatic rings. The summed E-state index contributed by atoms with van der Waals surface area (Å²) in [5.41, 5.74) is 4.48. The van der Waals surface area contributed by atoms with E-state index in [1.54, 1.807) is 43.5 Å².